The zero-order chi connectivity index (χ0) is 28.1. The molecule has 3 aliphatic rings. The van der Waals surface area contributed by atoms with E-state index in [1.54, 1.807) is 39.0 Å². The Labute approximate surface area is 224 Å². The van der Waals surface area contributed by atoms with Crippen molar-refractivity contribution in [3.8, 4) is 0 Å². The molecule has 3 amide bonds. The van der Waals surface area contributed by atoms with Gasteiger partial charge in [0.2, 0.25) is 5.89 Å². The summed E-state index contributed by atoms with van der Waals surface area (Å²) in [6.07, 6.45) is -0.730. The normalized spacial score (nSPS) is 21.8. The van der Waals surface area contributed by atoms with Crippen molar-refractivity contribution in [3.63, 3.8) is 0 Å². The third kappa shape index (κ3) is 6.26. The number of nitrogens with one attached hydrogen (secondary N) is 2. The molecule has 0 spiro atoms. The molecule has 1 aromatic carbocycles. The first-order valence-corrected chi connectivity index (χ1v) is 13.4. The van der Waals surface area contributed by atoms with Crippen LogP contribution in [0.25, 0.3) is 11.1 Å². The number of hydrogen-bond donors (Lipinski definition) is 2. The van der Waals surface area contributed by atoms with Gasteiger partial charge in [0.15, 0.2) is 5.58 Å². The minimum atomic E-state index is -4.55. The van der Waals surface area contributed by atoms with Crippen LogP contribution in [0.5, 0.6) is 0 Å². The lowest BCUT2D eigenvalue weighted by Gasteiger charge is -2.27. The van der Waals surface area contributed by atoms with Gasteiger partial charge in [-0.25, -0.2) is 14.6 Å². The molecule has 1 aromatic heterocycles. The average Bonchev–Trinajstić information content (AvgIpc) is 3.76. The highest BCUT2D eigenvalue weighted by molar-refractivity contribution is 5.78. The van der Waals surface area contributed by atoms with Crippen LogP contribution < -0.4 is 10.6 Å². The van der Waals surface area contributed by atoms with Gasteiger partial charge < -0.3 is 29.4 Å². The quantitative estimate of drug-likeness (QED) is 0.427. The molecule has 9 nitrogen and oxygen atoms in total. The monoisotopic (exact) mass is 552 g/mol. The maximum absolute atomic E-state index is 13.3. The summed E-state index contributed by atoms with van der Waals surface area (Å²) >= 11 is 0. The van der Waals surface area contributed by atoms with E-state index in [9.17, 15) is 22.8 Å². The minimum Gasteiger partial charge on any atom is -0.444 e. The lowest BCUT2D eigenvalue weighted by Crippen LogP contribution is -2.40. The molecule has 214 valence electrons. The van der Waals surface area contributed by atoms with Crippen LogP contribution in [-0.4, -0.2) is 60.1 Å². The number of alkyl halides is 3. The van der Waals surface area contributed by atoms with E-state index < -0.39 is 48.6 Å². The van der Waals surface area contributed by atoms with Crippen molar-refractivity contribution >= 4 is 23.2 Å². The number of rotatable bonds is 9. The molecule has 0 bridgehead atoms. The molecule has 0 unspecified atom stereocenters. The number of oxazole rings is 1. The van der Waals surface area contributed by atoms with Crippen LogP contribution in [0.4, 0.5) is 22.8 Å². The Morgan fingerprint density at radius 1 is 1.21 bits per heavy atom. The highest BCUT2D eigenvalue weighted by atomic mass is 19.4. The summed E-state index contributed by atoms with van der Waals surface area (Å²) < 4.78 is 56.8. The third-order valence-corrected chi connectivity index (χ3v) is 7.50. The van der Waals surface area contributed by atoms with Crippen molar-refractivity contribution < 1.29 is 36.7 Å². The molecule has 2 heterocycles. The SMILES string of the molecule is COC[C@H](c1ccc2oc([C@@H](NC(=O)OC(C)(C)C)C(C3CC3)C3CC3)nc2c1)N1C[C@@H](C(F)(F)F)NC1=O. The summed E-state index contributed by atoms with van der Waals surface area (Å²) in [5.41, 5.74) is 0.866. The van der Waals surface area contributed by atoms with Gasteiger partial charge in [0.05, 0.1) is 19.2 Å². The van der Waals surface area contributed by atoms with Gasteiger partial charge in [-0.15, -0.1) is 0 Å². The van der Waals surface area contributed by atoms with Crippen LogP contribution in [0.15, 0.2) is 22.6 Å². The number of carbonyl (C=O) groups excluding carboxylic acids is 2. The van der Waals surface area contributed by atoms with E-state index in [0.29, 0.717) is 34.4 Å². The number of fused-ring (bicyclic) bond motifs is 1. The second kappa shape index (κ2) is 10.2. The Bertz CT molecular complexity index is 1210. The van der Waals surface area contributed by atoms with Gasteiger partial charge in [0.25, 0.3) is 0 Å². The number of hydrogen-bond acceptors (Lipinski definition) is 6. The van der Waals surface area contributed by atoms with Crippen LogP contribution in [0.3, 0.4) is 0 Å². The maximum Gasteiger partial charge on any atom is 0.410 e. The number of benzene rings is 1. The Kier molecular flexibility index (Phi) is 7.19. The van der Waals surface area contributed by atoms with Gasteiger partial charge in [-0.2, -0.15) is 13.2 Å². The second-order valence-electron chi connectivity index (χ2n) is 11.8. The number of aromatic nitrogens is 1. The second-order valence-corrected chi connectivity index (χ2v) is 11.8. The fraction of sp³-hybridized carbons (Fsp3) is 0.667. The molecule has 2 N–H and O–H groups in total. The van der Waals surface area contributed by atoms with Crippen molar-refractivity contribution in [2.75, 3.05) is 20.3 Å². The molecule has 5 rings (SSSR count). The first kappa shape index (κ1) is 27.5. The third-order valence-electron chi connectivity index (χ3n) is 7.50. The van der Waals surface area contributed by atoms with E-state index in [-0.39, 0.29) is 12.5 Å². The summed E-state index contributed by atoms with van der Waals surface area (Å²) in [6.45, 7) is 4.88. The van der Waals surface area contributed by atoms with Gasteiger partial charge in [-0.05, 0) is 81.9 Å². The molecular weight excluding hydrogens is 517 g/mol. The molecule has 1 aliphatic heterocycles. The van der Waals surface area contributed by atoms with E-state index in [2.05, 4.69) is 5.32 Å². The number of alkyl carbamates (subject to hydrolysis) is 1. The Hall–Kier alpha value is -3.02. The summed E-state index contributed by atoms with van der Waals surface area (Å²) in [6, 6.07) is 1.11. The van der Waals surface area contributed by atoms with Gasteiger partial charge in [-0.1, -0.05) is 6.07 Å². The van der Waals surface area contributed by atoms with E-state index in [1.807, 2.05) is 5.32 Å². The molecule has 1 saturated heterocycles. The number of carbonyl (C=O) groups is 2. The number of ether oxygens (including phenoxy) is 2. The van der Waals surface area contributed by atoms with Crippen LogP contribution in [0.1, 0.15) is 70.0 Å². The molecule has 2 aromatic rings. The van der Waals surface area contributed by atoms with E-state index in [4.69, 9.17) is 18.9 Å². The van der Waals surface area contributed by atoms with E-state index >= 15 is 0 Å². The summed E-state index contributed by atoms with van der Waals surface area (Å²) in [5.74, 6) is 1.50. The summed E-state index contributed by atoms with van der Waals surface area (Å²) in [4.78, 5) is 31.1. The highest BCUT2D eigenvalue weighted by Gasteiger charge is 2.49. The zero-order valence-electron chi connectivity index (χ0n) is 22.5. The van der Waals surface area contributed by atoms with Gasteiger partial charge >= 0.3 is 18.3 Å². The molecular formula is C27H35F3N4O5. The minimum absolute atomic E-state index is 0.00245. The molecule has 3 atom stereocenters. The van der Waals surface area contributed by atoms with Gasteiger partial charge in [-0.3, -0.25) is 0 Å². The first-order chi connectivity index (χ1) is 18.3. The van der Waals surface area contributed by atoms with Crippen LogP contribution in [0.2, 0.25) is 0 Å². The van der Waals surface area contributed by atoms with Crippen molar-refractivity contribution in [1.82, 2.24) is 20.5 Å². The fourth-order valence-corrected chi connectivity index (χ4v) is 5.49. The van der Waals surface area contributed by atoms with Crippen molar-refractivity contribution in [1.29, 1.82) is 0 Å². The summed E-state index contributed by atoms with van der Waals surface area (Å²) in [7, 11) is 1.43. The highest BCUT2D eigenvalue weighted by Crippen LogP contribution is 2.54. The predicted octanol–water partition coefficient (Wildman–Crippen LogP) is 5.47. The Balaban J connectivity index is 1.44. The van der Waals surface area contributed by atoms with Crippen molar-refractivity contribution in [2.45, 2.75) is 76.4 Å². The number of nitrogens with zero attached hydrogens (tertiary/aromatic N) is 2. The molecule has 3 fully saturated rings. The number of halogens is 3. The number of urea groups is 1. The Morgan fingerprint density at radius 2 is 1.87 bits per heavy atom. The first-order valence-electron chi connectivity index (χ1n) is 13.4. The molecule has 39 heavy (non-hydrogen) atoms. The number of methoxy groups -OCH3 is 1. The van der Waals surface area contributed by atoms with Crippen molar-refractivity contribution in [2.24, 2.45) is 17.8 Å². The summed E-state index contributed by atoms with van der Waals surface area (Å²) in [5, 5.41) is 5.02. The van der Waals surface area contributed by atoms with Crippen LogP contribution >= 0.6 is 0 Å². The van der Waals surface area contributed by atoms with E-state index in [1.165, 1.54) is 7.11 Å². The molecule has 2 aliphatic carbocycles. The van der Waals surface area contributed by atoms with Crippen LogP contribution in [0, 0.1) is 17.8 Å². The smallest absolute Gasteiger partial charge is 0.410 e. The van der Waals surface area contributed by atoms with Crippen molar-refractivity contribution in [3.05, 3.63) is 29.7 Å². The lowest BCUT2D eigenvalue weighted by molar-refractivity contribution is -0.150. The zero-order valence-corrected chi connectivity index (χ0v) is 22.5. The average molecular weight is 553 g/mol. The molecule has 0 radical (unpaired) electrons. The topological polar surface area (TPSA) is 106 Å². The molecule has 12 heteroatoms. The Morgan fingerprint density at radius 3 is 2.41 bits per heavy atom. The lowest BCUT2D eigenvalue weighted by atomic mass is 9.89. The van der Waals surface area contributed by atoms with Crippen LogP contribution in [-0.2, 0) is 9.47 Å². The predicted molar refractivity (Wildman–Crippen MR) is 135 cm³/mol. The van der Waals surface area contributed by atoms with Gasteiger partial charge in [0, 0.05) is 7.11 Å². The fourth-order valence-electron chi connectivity index (χ4n) is 5.49. The standard InChI is InChI=1S/C27H35F3N4O5/c1-26(2,3)39-25(36)33-22(21(14-5-6-14)15-7-8-15)23-31-17-11-16(9-10-19(17)38-23)18(13-37-4)34-12-20(27(28,29)30)32-24(34)35/h9-11,14-15,18,20-22H,5-8,12-13H2,1-4H3,(H,32,35)(H,33,36)/t18-,20+,22+/m1/s1. The largest absolute Gasteiger partial charge is 0.444 e. The van der Waals surface area contributed by atoms with Gasteiger partial charge in [0.1, 0.15) is 23.2 Å². The molecule has 2 saturated carbocycles. The maximum atomic E-state index is 13.3. The number of amides is 3. The van der Waals surface area contributed by atoms with E-state index in [0.717, 1.165) is 30.6 Å².